The average Bonchev–Trinajstić information content (AvgIpc) is 2.04. The molecule has 1 unspecified atom stereocenters. The second kappa shape index (κ2) is 5.81. The van der Waals surface area contributed by atoms with Crippen molar-refractivity contribution in [2.24, 2.45) is 0 Å². The second-order valence-corrected chi connectivity index (χ2v) is 4.12. The van der Waals surface area contributed by atoms with Gasteiger partial charge in [-0.25, -0.2) is 0 Å². The largest absolute Gasteiger partial charge is 0.374 e. The van der Waals surface area contributed by atoms with E-state index in [1.54, 1.807) is 0 Å². The molecule has 1 heterocycles. The van der Waals surface area contributed by atoms with Crippen molar-refractivity contribution in [1.29, 1.82) is 0 Å². The van der Waals surface area contributed by atoms with E-state index in [2.05, 4.69) is 23.9 Å². The molecule has 0 saturated carbocycles. The minimum absolute atomic E-state index is 0.354. The molecule has 0 bridgehead atoms. The van der Waals surface area contributed by atoms with Crippen LogP contribution in [0.1, 0.15) is 0 Å². The minimum Gasteiger partial charge on any atom is -0.374 e. The van der Waals surface area contributed by atoms with Crippen molar-refractivity contribution in [3.63, 3.8) is 0 Å². The standard InChI is InChI=1S/C9H19ClN2O/c1-11(2)7-9-8-12(4-3-10)5-6-13-9/h9H,3-8H2,1-2H3. The molecular weight excluding hydrogens is 188 g/mol. The Balaban J connectivity index is 2.24. The van der Waals surface area contributed by atoms with Crippen molar-refractivity contribution in [3.05, 3.63) is 0 Å². The molecule has 0 amide bonds. The van der Waals surface area contributed by atoms with E-state index in [4.69, 9.17) is 16.3 Å². The van der Waals surface area contributed by atoms with Crippen molar-refractivity contribution in [2.45, 2.75) is 6.10 Å². The first-order valence-electron chi connectivity index (χ1n) is 4.77. The Hall–Kier alpha value is 0.170. The van der Waals surface area contributed by atoms with Crippen LogP contribution in [0.15, 0.2) is 0 Å². The summed E-state index contributed by atoms with van der Waals surface area (Å²) in [6.45, 7) is 4.87. The fourth-order valence-electron chi connectivity index (χ4n) is 1.62. The predicted octanol–water partition coefficient (Wildman–Crippen LogP) is 0.488. The maximum Gasteiger partial charge on any atom is 0.0829 e. The van der Waals surface area contributed by atoms with Gasteiger partial charge in [0, 0.05) is 32.1 Å². The van der Waals surface area contributed by atoms with Gasteiger partial charge in [-0.2, -0.15) is 0 Å². The summed E-state index contributed by atoms with van der Waals surface area (Å²) in [6, 6.07) is 0. The van der Waals surface area contributed by atoms with E-state index >= 15 is 0 Å². The van der Waals surface area contributed by atoms with Gasteiger partial charge < -0.3 is 9.64 Å². The highest BCUT2D eigenvalue weighted by Crippen LogP contribution is 2.05. The van der Waals surface area contributed by atoms with E-state index in [1.807, 2.05) is 0 Å². The van der Waals surface area contributed by atoms with Crippen LogP contribution in [0.4, 0.5) is 0 Å². The fourth-order valence-corrected chi connectivity index (χ4v) is 1.86. The van der Waals surface area contributed by atoms with Crippen molar-refractivity contribution in [3.8, 4) is 0 Å². The van der Waals surface area contributed by atoms with Crippen LogP contribution < -0.4 is 0 Å². The van der Waals surface area contributed by atoms with Crippen molar-refractivity contribution in [2.75, 3.05) is 52.8 Å². The number of ether oxygens (including phenoxy) is 1. The maximum absolute atomic E-state index is 5.70. The van der Waals surface area contributed by atoms with Gasteiger partial charge in [0.25, 0.3) is 0 Å². The quantitative estimate of drug-likeness (QED) is 0.623. The summed E-state index contributed by atoms with van der Waals surface area (Å²) >= 11 is 5.70. The van der Waals surface area contributed by atoms with Crippen molar-refractivity contribution < 1.29 is 4.74 Å². The Morgan fingerprint density at radius 2 is 2.31 bits per heavy atom. The van der Waals surface area contributed by atoms with Crippen LogP contribution in [0, 0.1) is 0 Å². The number of hydrogen-bond acceptors (Lipinski definition) is 3. The molecular formula is C9H19ClN2O. The number of alkyl halides is 1. The number of nitrogens with zero attached hydrogens (tertiary/aromatic N) is 2. The molecule has 1 saturated heterocycles. The van der Waals surface area contributed by atoms with Crippen LogP contribution in [0.2, 0.25) is 0 Å². The Morgan fingerprint density at radius 3 is 2.92 bits per heavy atom. The van der Waals surface area contributed by atoms with Crippen LogP contribution in [-0.4, -0.2) is 68.7 Å². The SMILES string of the molecule is CN(C)CC1CN(CCCl)CCO1. The summed E-state index contributed by atoms with van der Waals surface area (Å²) in [6.07, 6.45) is 0.354. The van der Waals surface area contributed by atoms with Gasteiger partial charge in [0.1, 0.15) is 0 Å². The van der Waals surface area contributed by atoms with Crippen LogP contribution in [0.3, 0.4) is 0 Å². The lowest BCUT2D eigenvalue weighted by molar-refractivity contribution is -0.0361. The molecule has 0 N–H and O–H groups in total. The highest BCUT2D eigenvalue weighted by atomic mass is 35.5. The molecule has 1 atom stereocenters. The lowest BCUT2D eigenvalue weighted by atomic mass is 10.2. The molecule has 0 aromatic heterocycles. The third kappa shape index (κ3) is 4.27. The average molecular weight is 207 g/mol. The molecule has 1 fully saturated rings. The van der Waals surface area contributed by atoms with Gasteiger partial charge in [0.15, 0.2) is 0 Å². The number of morpholine rings is 1. The lowest BCUT2D eigenvalue weighted by Gasteiger charge is -2.33. The third-order valence-electron chi connectivity index (χ3n) is 2.19. The summed E-state index contributed by atoms with van der Waals surface area (Å²) in [4.78, 5) is 4.53. The summed E-state index contributed by atoms with van der Waals surface area (Å²) in [5, 5.41) is 0. The summed E-state index contributed by atoms with van der Waals surface area (Å²) in [7, 11) is 4.15. The van der Waals surface area contributed by atoms with E-state index in [-0.39, 0.29) is 0 Å². The Morgan fingerprint density at radius 1 is 1.54 bits per heavy atom. The summed E-state index contributed by atoms with van der Waals surface area (Å²) in [5.74, 6) is 0.717. The Bertz CT molecular complexity index is 142. The van der Waals surface area contributed by atoms with Gasteiger partial charge in [-0.1, -0.05) is 0 Å². The normalized spacial score (nSPS) is 25.4. The van der Waals surface area contributed by atoms with Crippen LogP contribution in [0.25, 0.3) is 0 Å². The molecule has 3 nitrogen and oxygen atoms in total. The van der Waals surface area contributed by atoms with Crippen LogP contribution in [0.5, 0.6) is 0 Å². The highest BCUT2D eigenvalue weighted by molar-refractivity contribution is 6.18. The molecule has 0 aromatic rings. The second-order valence-electron chi connectivity index (χ2n) is 3.74. The van der Waals surface area contributed by atoms with E-state index in [9.17, 15) is 0 Å². The molecule has 0 spiro atoms. The molecule has 0 aliphatic carbocycles. The van der Waals surface area contributed by atoms with Crippen LogP contribution >= 0.6 is 11.6 Å². The van der Waals surface area contributed by atoms with Crippen molar-refractivity contribution in [1.82, 2.24) is 9.80 Å². The Kier molecular flexibility index (Phi) is 5.02. The first-order valence-corrected chi connectivity index (χ1v) is 5.30. The molecule has 1 aliphatic rings. The van der Waals surface area contributed by atoms with E-state index in [0.29, 0.717) is 12.0 Å². The van der Waals surface area contributed by atoms with Gasteiger partial charge in [-0.05, 0) is 14.1 Å². The summed E-state index contributed by atoms with van der Waals surface area (Å²) < 4.78 is 5.64. The first kappa shape index (κ1) is 11.2. The minimum atomic E-state index is 0.354. The lowest BCUT2D eigenvalue weighted by Crippen LogP contribution is -2.46. The van der Waals surface area contributed by atoms with E-state index < -0.39 is 0 Å². The zero-order chi connectivity index (χ0) is 9.68. The zero-order valence-corrected chi connectivity index (χ0v) is 9.26. The molecule has 0 aromatic carbocycles. The molecule has 13 heavy (non-hydrogen) atoms. The molecule has 0 radical (unpaired) electrons. The Labute approximate surface area is 85.6 Å². The fraction of sp³-hybridized carbons (Fsp3) is 1.00. The highest BCUT2D eigenvalue weighted by Gasteiger charge is 2.19. The summed E-state index contributed by atoms with van der Waals surface area (Å²) in [5.41, 5.74) is 0. The molecule has 4 heteroatoms. The van der Waals surface area contributed by atoms with E-state index in [0.717, 1.165) is 32.8 Å². The maximum atomic E-state index is 5.70. The van der Waals surface area contributed by atoms with Gasteiger partial charge in [-0.3, -0.25) is 4.90 Å². The number of hydrogen-bond donors (Lipinski definition) is 0. The number of likely N-dealkylation sites (N-methyl/N-ethyl adjacent to an activating group) is 1. The number of halogens is 1. The predicted molar refractivity (Wildman–Crippen MR) is 55.5 cm³/mol. The molecule has 1 aliphatic heterocycles. The topological polar surface area (TPSA) is 15.7 Å². The van der Waals surface area contributed by atoms with Crippen molar-refractivity contribution >= 4 is 11.6 Å². The first-order chi connectivity index (χ1) is 6.22. The molecule has 1 rings (SSSR count). The van der Waals surface area contributed by atoms with E-state index in [1.165, 1.54) is 0 Å². The number of rotatable bonds is 4. The smallest absolute Gasteiger partial charge is 0.0829 e. The zero-order valence-electron chi connectivity index (χ0n) is 8.50. The molecule has 78 valence electrons. The van der Waals surface area contributed by atoms with Gasteiger partial charge in [0.2, 0.25) is 0 Å². The van der Waals surface area contributed by atoms with Gasteiger partial charge in [0.05, 0.1) is 12.7 Å². The third-order valence-corrected chi connectivity index (χ3v) is 2.36. The van der Waals surface area contributed by atoms with Gasteiger partial charge >= 0.3 is 0 Å². The monoisotopic (exact) mass is 206 g/mol. The van der Waals surface area contributed by atoms with Gasteiger partial charge in [-0.15, -0.1) is 11.6 Å². The van der Waals surface area contributed by atoms with Crippen LogP contribution in [-0.2, 0) is 4.74 Å².